The molecule has 0 spiro atoms. The summed E-state index contributed by atoms with van der Waals surface area (Å²) in [6, 6.07) is 0. The van der Waals surface area contributed by atoms with Crippen LogP contribution in [-0.2, 0) is 36.5 Å². The fourth-order valence-corrected chi connectivity index (χ4v) is 7.30. The van der Waals surface area contributed by atoms with Crippen molar-refractivity contribution in [3.8, 4) is 0 Å². The molecule has 0 aromatic rings. The van der Waals surface area contributed by atoms with E-state index < -0.39 is 22.1 Å². The van der Waals surface area contributed by atoms with Crippen LogP contribution < -0.4 is 0 Å². The Morgan fingerprint density at radius 1 is 0.533 bits per heavy atom. The highest BCUT2D eigenvalue weighted by molar-refractivity contribution is 7.63. The molecule has 0 radical (unpaired) electrons. The minimum atomic E-state index is -3.41. The van der Waals surface area contributed by atoms with Crippen LogP contribution in [0.5, 0.6) is 0 Å². The molecule has 0 unspecified atom stereocenters. The molecule has 0 aromatic carbocycles. The van der Waals surface area contributed by atoms with Gasteiger partial charge in [0.2, 0.25) is 6.16 Å². The van der Waals surface area contributed by atoms with Gasteiger partial charge in [-0.3, -0.25) is 0 Å². The van der Waals surface area contributed by atoms with Gasteiger partial charge in [0.25, 0.3) is 0 Å². The molecule has 10 heteroatoms. The van der Waals surface area contributed by atoms with Gasteiger partial charge in [0.15, 0.2) is 0 Å². The van der Waals surface area contributed by atoms with Gasteiger partial charge < -0.3 is 0 Å². The average molecular weight is 475 g/mol. The number of rotatable bonds is 15. The smallest absolute Gasteiger partial charge is 0.242 e. The average Bonchev–Trinajstić information content (AvgIpc) is 2.40. The summed E-state index contributed by atoms with van der Waals surface area (Å²) in [6.07, 6.45) is -1.61. The topological polar surface area (TPSA) is 81.7 Å². The molecule has 0 N–H and O–H groups in total. The van der Waals surface area contributed by atoms with E-state index in [1.807, 2.05) is 83.1 Å². The molecule has 0 aliphatic carbocycles. The van der Waals surface area contributed by atoms with E-state index in [2.05, 4.69) is 0 Å². The van der Waals surface area contributed by atoms with Gasteiger partial charge in [-0.25, -0.2) is 9.32 Å². The van der Waals surface area contributed by atoms with E-state index in [9.17, 15) is 4.79 Å². The first-order valence-electron chi connectivity index (χ1n) is 10.7. The van der Waals surface area contributed by atoms with Crippen LogP contribution in [0.4, 0.5) is 0 Å². The third-order valence-electron chi connectivity index (χ3n) is 2.67. The standard InChI is InChI=1S/C20H44O8P2/c1-14(2)22-29(23-15(3)4,24-16(5)6)13-20(21)28-30(25-17(7)8,26-18(9)10)27-19(11)12/h14-19H,13H2,1-12H3/q+2. The minimum absolute atomic E-state index is 0.200. The third kappa shape index (κ3) is 12.8. The number of hydrogen-bond donors (Lipinski definition) is 0. The van der Waals surface area contributed by atoms with Crippen molar-refractivity contribution in [1.82, 2.24) is 0 Å². The highest BCUT2D eigenvalue weighted by atomic mass is 31.2. The van der Waals surface area contributed by atoms with Gasteiger partial charge in [-0.1, -0.05) is 0 Å². The predicted molar refractivity (Wildman–Crippen MR) is 122 cm³/mol. The first kappa shape index (κ1) is 30.1. The monoisotopic (exact) mass is 474 g/mol. The highest BCUT2D eigenvalue weighted by Crippen LogP contribution is 2.68. The van der Waals surface area contributed by atoms with Gasteiger partial charge in [0.05, 0.1) is 0 Å². The van der Waals surface area contributed by atoms with E-state index >= 15 is 0 Å². The van der Waals surface area contributed by atoms with Crippen molar-refractivity contribution in [2.24, 2.45) is 0 Å². The lowest BCUT2D eigenvalue weighted by atomic mass is 10.5. The quantitative estimate of drug-likeness (QED) is 0.248. The Morgan fingerprint density at radius 2 is 0.800 bits per heavy atom. The molecule has 8 nitrogen and oxygen atoms in total. The SMILES string of the molecule is CC(C)O[P+](CC(=O)O[P+](OC(C)C)(OC(C)C)OC(C)C)(OC(C)C)OC(C)C. The predicted octanol–water partition coefficient (Wildman–Crippen LogP) is 6.52. The number of carbonyl (C=O) groups is 1. The summed E-state index contributed by atoms with van der Waals surface area (Å²) < 4.78 is 41.6. The fourth-order valence-electron chi connectivity index (χ4n) is 2.38. The summed E-state index contributed by atoms with van der Waals surface area (Å²) in [6.45, 7) is 22.2. The van der Waals surface area contributed by atoms with Crippen LogP contribution >= 0.6 is 16.1 Å². The van der Waals surface area contributed by atoms with Crippen molar-refractivity contribution in [2.45, 2.75) is 120 Å². The molecule has 0 aromatic heterocycles. The summed E-state index contributed by atoms with van der Waals surface area (Å²) in [5, 5.41) is 0. The molecule has 0 bridgehead atoms. The zero-order chi connectivity index (χ0) is 23.7. The highest BCUT2D eigenvalue weighted by Gasteiger charge is 2.59. The minimum Gasteiger partial charge on any atom is -0.242 e. The molecule has 0 fully saturated rings. The second-order valence-corrected chi connectivity index (χ2v) is 12.5. The Kier molecular flexibility index (Phi) is 13.6. The first-order valence-corrected chi connectivity index (χ1v) is 13.9. The lowest BCUT2D eigenvalue weighted by Gasteiger charge is -2.27. The van der Waals surface area contributed by atoms with Crippen molar-refractivity contribution in [2.75, 3.05) is 6.16 Å². The van der Waals surface area contributed by atoms with Gasteiger partial charge in [-0.05, 0) is 83.1 Å². The molecule has 0 rings (SSSR count). The molecule has 0 aliphatic heterocycles. The van der Waals surface area contributed by atoms with E-state index in [1.54, 1.807) is 0 Å². The van der Waals surface area contributed by atoms with Crippen LogP contribution in [0.2, 0.25) is 0 Å². The normalized spacial score (nSPS) is 13.5. The van der Waals surface area contributed by atoms with E-state index in [0.717, 1.165) is 0 Å². The molecule has 0 heterocycles. The van der Waals surface area contributed by atoms with E-state index in [1.165, 1.54) is 0 Å². The maximum Gasteiger partial charge on any atom is 0.625 e. The van der Waals surface area contributed by atoms with Gasteiger partial charge in [0, 0.05) is 0 Å². The van der Waals surface area contributed by atoms with Gasteiger partial charge in [0.1, 0.15) is 36.6 Å². The molecule has 180 valence electrons. The van der Waals surface area contributed by atoms with Crippen LogP contribution in [0.1, 0.15) is 83.1 Å². The lowest BCUT2D eigenvalue weighted by molar-refractivity contribution is -0.136. The summed E-state index contributed by atoms with van der Waals surface area (Å²) in [5.74, 6) is -0.611. The van der Waals surface area contributed by atoms with Crippen LogP contribution in [-0.4, -0.2) is 48.8 Å². The summed E-state index contributed by atoms with van der Waals surface area (Å²) >= 11 is 0. The van der Waals surface area contributed by atoms with E-state index in [-0.39, 0.29) is 42.8 Å². The van der Waals surface area contributed by atoms with Crippen LogP contribution in [0, 0.1) is 0 Å². The first-order chi connectivity index (χ1) is 13.6. The molecule has 30 heavy (non-hydrogen) atoms. The summed E-state index contributed by atoms with van der Waals surface area (Å²) in [4.78, 5) is 13.1. The molecule has 0 aliphatic rings. The maximum atomic E-state index is 13.1. The maximum absolute atomic E-state index is 13.1. The van der Waals surface area contributed by atoms with Gasteiger partial charge in [-0.15, -0.1) is 13.6 Å². The Morgan fingerprint density at radius 3 is 1.03 bits per heavy atom. The molecule has 0 saturated carbocycles. The third-order valence-corrected chi connectivity index (χ3v) is 8.01. The largest absolute Gasteiger partial charge is 0.625 e. The van der Waals surface area contributed by atoms with E-state index in [0.29, 0.717) is 0 Å². The molecule has 0 saturated heterocycles. The Labute approximate surface area is 184 Å². The summed E-state index contributed by atoms with van der Waals surface area (Å²) in [5.41, 5.74) is 0. The van der Waals surface area contributed by atoms with Crippen molar-refractivity contribution >= 4 is 22.1 Å². The van der Waals surface area contributed by atoms with E-state index in [4.69, 9.17) is 31.7 Å². The Bertz CT molecular complexity index is 400. The Balaban J connectivity index is 5.86. The van der Waals surface area contributed by atoms with Gasteiger partial charge >= 0.3 is 22.1 Å². The van der Waals surface area contributed by atoms with Crippen molar-refractivity contribution < 1.29 is 36.5 Å². The number of hydrogen-bond acceptors (Lipinski definition) is 8. The Hall–Kier alpha value is 0.0900. The van der Waals surface area contributed by atoms with Crippen LogP contribution in [0.25, 0.3) is 0 Å². The zero-order valence-corrected chi connectivity index (χ0v) is 22.6. The molecular weight excluding hydrogens is 430 g/mol. The van der Waals surface area contributed by atoms with Crippen LogP contribution in [0.15, 0.2) is 0 Å². The second-order valence-electron chi connectivity index (χ2n) is 8.60. The number of carbonyl (C=O) groups excluding carboxylic acids is 1. The van der Waals surface area contributed by atoms with Crippen molar-refractivity contribution in [3.05, 3.63) is 0 Å². The molecular formula is C20H44O8P2+2. The summed E-state index contributed by atoms with van der Waals surface area (Å²) in [7, 11) is -6.44. The fraction of sp³-hybridized carbons (Fsp3) is 0.950. The second kappa shape index (κ2) is 13.6. The van der Waals surface area contributed by atoms with Crippen molar-refractivity contribution in [1.29, 1.82) is 0 Å². The molecule has 0 amide bonds. The zero-order valence-electron chi connectivity index (χ0n) is 20.8. The van der Waals surface area contributed by atoms with Crippen molar-refractivity contribution in [3.63, 3.8) is 0 Å². The lowest BCUT2D eigenvalue weighted by Crippen LogP contribution is -2.27. The van der Waals surface area contributed by atoms with Crippen LogP contribution in [0.3, 0.4) is 0 Å². The molecule has 0 atom stereocenters. The van der Waals surface area contributed by atoms with Gasteiger partial charge in [-0.2, -0.15) is 13.6 Å².